The van der Waals surface area contributed by atoms with Crippen molar-refractivity contribution >= 4 is 27.7 Å². The first-order chi connectivity index (χ1) is 9.04. The van der Waals surface area contributed by atoms with Gasteiger partial charge in [-0.05, 0) is 46.8 Å². The SMILES string of the molecule is N/C(=N/O)C(NC(=O)c1cccc(Br)c1F)C1CC1. The average Bonchev–Trinajstić information content (AvgIpc) is 3.22. The molecule has 102 valence electrons. The normalized spacial score (nSPS) is 17.1. The molecule has 0 saturated heterocycles. The fourth-order valence-electron chi connectivity index (χ4n) is 1.82. The van der Waals surface area contributed by atoms with E-state index in [9.17, 15) is 9.18 Å². The molecule has 7 heteroatoms. The van der Waals surface area contributed by atoms with Gasteiger partial charge in [0.15, 0.2) is 5.84 Å². The third-order valence-electron chi connectivity index (χ3n) is 3.01. The van der Waals surface area contributed by atoms with Gasteiger partial charge in [0.05, 0.1) is 16.1 Å². The molecular weight excluding hydrogens is 317 g/mol. The quantitative estimate of drug-likeness (QED) is 0.341. The Morgan fingerprint density at radius 1 is 1.58 bits per heavy atom. The summed E-state index contributed by atoms with van der Waals surface area (Å²) >= 11 is 3.02. The van der Waals surface area contributed by atoms with Crippen molar-refractivity contribution in [2.24, 2.45) is 16.8 Å². The smallest absolute Gasteiger partial charge is 0.254 e. The predicted molar refractivity (Wildman–Crippen MR) is 71.5 cm³/mol. The summed E-state index contributed by atoms with van der Waals surface area (Å²) in [6, 6.07) is 3.90. The molecule has 0 aliphatic heterocycles. The number of amides is 1. The fraction of sp³-hybridized carbons (Fsp3) is 0.333. The Labute approximate surface area is 117 Å². The van der Waals surface area contributed by atoms with Gasteiger partial charge in [-0.3, -0.25) is 4.79 Å². The maximum absolute atomic E-state index is 13.8. The van der Waals surface area contributed by atoms with Crippen molar-refractivity contribution in [2.45, 2.75) is 18.9 Å². The van der Waals surface area contributed by atoms with E-state index in [-0.39, 0.29) is 21.8 Å². The van der Waals surface area contributed by atoms with Crippen molar-refractivity contribution in [3.8, 4) is 0 Å². The van der Waals surface area contributed by atoms with Crippen molar-refractivity contribution in [2.75, 3.05) is 0 Å². The average molecular weight is 330 g/mol. The molecule has 1 fully saturated rings. The molecule has 1 aromatic carbocycles. The molecule has 1 aliphatic rings. The van der Waals surface area contributed by atoms with E-state index in [0.29, 0.717) is 0 Å². The van der Waals surface area contributed by atoms with Gasteiger partial charge >= 0.3 is 0 Å². The van der Waals surface area contributed by atoms with Crippen molar-refractivity contribution in [3.05, 3.63) is 34.1 Å². The lowest BCUT2D eigenvalue weighted by atomic mass is 10.1. The first-order valence-electron chi connectivity index (χ1n) is 5.77. The van der Waals surface area contributed by atoms with E-state index in [1.807, 2.05) is 0 Å². The maximum Gasteiger partial charge on any atom is 0.254 e. The van der Waals surface area contributed by atoms with Gasteiger partial charge in [0.25, 0.3) is 5.91 Å². The number of nitrogens with one attached hydrogen (secondary N) is 1. The molecule has 1 atom stereocenters. The van der Waals surface area contributed by atoms with E-state index in [1.54, 1.807) is 6.07 Å². The molecule has 0 radical (unpaired) electrons. The Kier molecular flexibility index (Phi) is 4.04. The lowest BCUT2D eigenvalue weighted by Gasteiger charge is -2.17. The highest BCUT2D eigenvalue weighted by atomic mass is 79.9. The largest absolute Gasteiger partial charge is 0.409 e. The number of hydrogen-bond acceptors (Lipinski definition) is 3. The second-order valence-electron chi connectivity index (χ2n) is 4.41. The van der Waals surface area contributed by atoms with Crippen LogP contribution in [-0.2, 0) is 0 Å². The van der Waals surface area contributed by atoms with Crippen LogP contribution >= 0.6 is 15.9 Å². The first-order valence-corrected chi connectivity index (χ1v) is 6.56. The van der Waals surface area contributed by atoms with Crippen LogP contribution in [0.25, 0.3) is 0 Å². The summed E-state index contributed by atoms with van der Waals surface area (Å²) in [6.07, 6.45) is 1.78. The molecule has 0 spiro atoms. The van der Waals surface area contributed by atoms with Crippen LogP contribution in [-0.4, -0.2) is 23.0 Å². The molecule has 1 aromatic rings. The number of nitrogens with two attached hydrogens (primary N) is 1. The summed E-state index contributed by atoms with van der Waals surface area (Å²) in [7, 11) is 0. The van der Waals surface area contributed by atoms with E-state index in [2.05, 4.69) is 26.4 Å². The van der Waals surface area contributed by atoms with Gasteiger partial charge in [-0.15, -0.1) is 0 Å². The summed E-state index contributed by atoms with van der Waals surface area (Å²) < 4.78 is 14.0. The number of benzene rings is 1. The van der Waals surface area contributed by atoms with E-state index < -0.39 is 17.8 Å². The zero-order valence-corrected chi connectivity index (χ0v) is 11.5. The Morgan fingerprint density at radius 3 is 2.84 bits per heavy atom. The van der Waals surface area contributed by atoms with Gasteiger partial charge in [-0.1, -0.05) is 11.2 Å². The Morgan fingerprint density at radius 2 is 2.26 bits per heavy atom. The molecular formula is C12H13BrFN3O2. The topological polar surface area (TPSA) is 87.7 Å². The van der Waals surface area contributed by atoms with Gasteiger partial charge in [0.1, 0.15) is 5.82 Å². The minimum absolute atomic E-state index is 0.0637. The van der Waals surface area contributed by atoms with Crippen LogP contribution in [0.1, 0.15) is 23.2 Å². The molecule has 1 aliphatic carbocycles. The van der Waals surface area contributed by atoms with E-state index in [4.69, 9.17) is 10.9 Å². The Hall–Kier alpha value is -1.63. The second kappa shape index (κ2) is 5.56. The number of carbonyl (C=O) groups is 1. The molecule has 1 saturated carbocycles. The lowest BCUT2D eigenvalue weighted by molar-refractivity contribution is 0.0938. The summed E-state index contributed by atoms with van der Waals surface area (Å²) in [5, 5.41) is 14.2. The third kappa shape index (κ3) is 3.04. The molecule has 1 amide bonds. The molecule has 0 heterocycles. The van der Waals surface area contributed by atoms with Crippen molar-refractivity contribution in [1.82, 2.24) is 5.32 Å². The predicted octanol–water partition coefficient (Wildman–Crippen LogP) is 1.84. The van der Waals surface area contributed by atoms with Crippen LogP contribution in [0.3, 0.4) is 0 Å². The molecule has 5 nitrogen and oxygen atoms in total. The van der Waals surface area contributed by atoms with Gasteiger partial charge in [0, 0.05) is 0 Å². The summed E-state index contributed by atoms with van der Waals surface area (Å²) in [4.78, 5) is 12.0. The zero-order valence-electron chi connectivity index (χ0n) is 9.94. The van der Waals surface area contributed by atoms with Crippen LogP contribution in [0, 0.1) is 11.7 Å². The van der Waals surface area contributed by atoms with Gasteiger partial charge in [-0.25, -0.2) is 4.39 Å². The summed E-state index contributed by atoms with van der Waals surface area (Å²) in [5.41, 5.74) is 5.46. The fourth-order valence-corrected chi connectivity index (χ4v) is 2.19. The summed E-state index contributed by atoms with van der Waals surface area (Å²) in [5.74, 6) is -1.13. The number of carbonyl (C=O) groups excluding carboxylic acids is 1. The number of oxime groups is 1. The van der Waals surface area contributed by atoms with Crippen molar-refractivity contribution in [1.29, 1.82) is 0 Å². The van der Waals surface area contributed by atoms with Crippen molar-refractivity contribution < 1.29 is 14.4 Å². The molecule has 1 unspecified atom stereocenters. The van der Waals surface area contributed by atoms with Gasteiger partial charge in [-0.2, -0.15) is 0 Å². The highest BCUT2D eigenvalue weighted by Crippen LogP contribution is 2.33. The third-order valence-corrected chi connectivity index (χ3v) is 3.62. The molecule has 0 aromatic heterocycles. The Balaban J connectivity index is 2.17. The molecule has 0 bridgehead atoms. The first kappa shape index (κ1) is 13.8. The standard InChI is InChI=1S/C12H13BrFN3O2/c13-8-3-1-2-7(9(8)14)12(18)16-10(6-4-5-6)11(15)17-19/h1-3,6,10,19H,4-5H2,(H2,15,17)(H,16,18). The van der Waals surface area contributed by atoms with Crippen LogP contribution in [0.5, 0.6) is 0 Å². The van der Waals surface area contributed by atoms with E-state index in [1.165, 1.54) is 12.1 Å². The van der Waals surface area contributed by atoms with Crippen LogP contribution in [0.2, 0.25) is 0 Å². The second-order valence-corrected chi connectivity index (χ2v) is 5.27. The number of halogens is 2. The zero-order chi connectivity index (χ0) is 14.0. The number of rotatable bonds is 4. The van der Waals surface area contributed by atoms with E-state index >= 15 is 0 Å². The molecule has 2 rings (SSSR count). The number of amidine groups is 1. The monoisotopic (exact) mass is 329 g/mol. The van der Waals surface area contributed by atoms with Crippen LogP contribution < -0.4 is 11.1 Å². The summed E-state index contributed by atoms with van der Waals surface area (Å²) in [6.45, 7) is 0. The lowest BCUT2D eigenvalue weighted by Crippen LogP contribution is -2.46. The van der Waals surface area contributed by atoms with Crippen LogP contribution in [0.15, 0.2) is 27.8 Å². The highest BCUT2D eigenvalue weighted by molar-refractivity contribution is 9.10. The van der Waals surface area contributed by atoms with E-state index in [0.717, 1.165) is 12.8 Å². The minimum atomic E-state index is -0.631. The minimum Gasteiger partial charge on any atom is -0.409 e. The highest BCUT2D eigenvalue weighted by Gasteiger charge is 2.35. The molecule has 19 heavy (non-hydrogen) atoms. The molecule has 4 N–H and O–H groups in total. The van der Waals surface area contributed by atoms with Crippen LogP contribution in [0.4, 0.5) is 4.39 Å². The van der Waals surface area contributed by atoms with Crippen molar-refractivity contribution in [3.63, 3.8) is 0 Å². The number of nitrogens with zero attached hydrogens (tertiary/aromatic N) is 1. The van der Waals surface area contributed by atoms with Gasteiger partial charge in [0.2, 0.25) is 0 Å². The number of hydrogen-bond donors (Lipinski definition) is 3. The Bertz CT molecular complexity index is 532. The maximum atomic E-state index is 13.8. The van der Waals surface area contributed by atoms with Gasteiger partial charge < -0.3 is 16.3 Å².